The second-order valence-electron chi connectivity index (χ2n) is 7.92. The summed E-state index contributed by atoms with van der Waals surface area (Å²) in [5.41, 5.74) is 2.43. The van der Waals surface area contributed by atoms with E-state index in [0.29, 0.717) is 4.75 Å². The second kappa shape index (κ2) is 5.37. The third kappa shape index (κ3) is 2.52. The van der Waals surface area contributed by atoms with E-state index >= 15 is 0 Å². The number of nitrogens with zero attached hydrogens (tertiary/aromatic N) is 1. The zero-order valence-electron chi connectivity index (χ0n) is 13.4. The highest BCUT2D eigenvalue weighted by atomic mass is 32.2. The van der Waals surface area contributed by atoms with Crippen LogP contribution in [0, 0.1) is 17.8 Å². The van der Waals surface area contributed by atoms with E-state index in [1.54, 1.807) is 0 Å². The summed E-state index contributed by atoms with van der Waals surface area (Å²) in [5.74, 6) is 3.02. The fraction of sp³-hybridized carbons (Fsp3) is 0.476. The molecule has 4 fully saturated rings. The molecule has 0 atom stereocenters. The highest BCUT2D eigenvalue weighted by Crippen LogP contribution is 2.62. The van der Waals surface area contributed by atoms with Crippen LogP contribution >= 0.6 is 11.8 Å². The molecule has 0 unspecified atom stereocenters. The number of aromatic nitrogens is 1. The Morgan fingerprint density at radius 2 is 1.48 bits per heavy atom. The second-order valence-corrected chi connectivity index (χ2v) is 9.43. The van der Waals surface area contributed by atoms with E-state index in [9.17, 15) is 0 Å². The quantitative estimate of drug-likeness (QED) is 0.707. The van der Waals surface area contributed by atoms with Crippen molar-refractivity contribution in [2.75, 3.05) is 0 Å². The molecule has 1 aromatic heterocycles. The van der Waals surface area contributed by atoms with Crippen LogP contribution in [0.2, 0.25) is 0 Å². The lowest BCUT2D eigenvalue weighted by atomic mass is 9.56. The van der Waals surface area contributed by atoms with Gasteiger partial charge in [-0.15, -0.1) is 11.8 Å². The molecule has 6 rings (SSSR count). The van der Waals surface area contributed by atoms with Crippen LogP contribution < -0.4 is 0 Å². The Balaban J connectivity index is 1.50. The number of thioether (sulfide) groups is 1. The molecule has 0 N–H and O–H groups in total. The van der Waals surface area contributed by atoms with Crippen molar-refractivity contribution in [3.05, 3.63) is 48.7 Å². The molecule has 4 saturated carbocycles. The molecule has 1 aromatic carbocycles. The molecule has 0 radical (unpaired) electrons. The monoisotopic (exact) mass is 321 g/mol. The molecule has 0 saturated heterocycles. The highest BCUT2D eigenvalue weighted by molar-refractivity contribution is 8.00. The molecule has 2 heteroatoms. The first kappa shape index (κ1) is 14.1. The smallest absolute Gasteiger partial charge is 0.0837 e. The van der Waals surface area contributed by atoms with Crippen molar-refractivity contribution in [1.29, 1.82) is 0 Å². The number of hydrogen-bond acceptors (Lipinski definition) is 2. The minimum absolute atomic E-state index is 0.501. The van der Waals surface area contributed by atoms with Gasteiger partial charge in [0, 0.05) is 21.4 Å². The summed E-state index contributed by atoms with van der Waals surface area (Å²) in [7, 11) is 0. The van der Waals surface area contributed by atoms with Gasteiger partial charge in [-0.3, -0.25) is 4.98 Å². The van der Waals surface area contributed by atoms with Crippen LogP contribution in [-0.2, 0) is 0 Å². The van der Waals surface area contributed by atoms with Crippen LogP contribution in [0.1, 0.15) is 38.5 Å². The van der Waals surface area contributed by atoms with Crippen LogP contribution in [0.25, 0.3) is 11.3 Å². The summed E-state index contributed by atoms with van der Waals surface area (Å²) in [6, 6.07) is 15.1. The Morgan fingerprint density at radius 1 is 0.826 bits per heavy atom. The predicted octanol–water partition coefficient (Wildman–Crippen LogP) is 5.81. The Bertz CT molecular complexity index is 674. The van der Waals surface area contributed by atoms with Crippen LogP contribution in [0.15, 0.2) is 53.6 Å². The molecule has 0 aliphatic heterocycles. The zero-order valence-corrected chi connectivity index (χ0v) is 14.3. The Kier molecular flexibility index (Phi) is 3.29. The molecule has 1 heterocycles. The van der Waals surface area contributed by atoms with Gasteiger partial charge in [0.05, 0.1) is 5.69 Å². The van der Waals surface area contributed by atoms with E-state index in [4.69, 9.17) is 4.98 Å². The van der Waals surface area contributed by atoms with Gasteiger partial charge >= 0.3 is 0 Å². The average Bonchev–Trinajstić information content (AvgIpc) is 2.54. The van der Waals surface area contributed by atoms with Gasteiger partial charge in [0.2, 0.25) is 0 Å². The van der Waals surface area contributed by atoms with Crippen LogP contribution in [0.3, 0.4) is 0 Å². The third-order valence-corrected chi connectivity index (χ3v) is 7.61. The SMILES string of the molecule is c1ccc(-c2ncccc2SC23CC4CC(CC(C4)C2)C3)cc1. The van der Waals surface area contributed by atoms with E-state index in [1.807, 2.05) is 6.20 Å². The van der Waals surface area contributed by atoms with Gasteiger partial charge in [0.15, 0.2) is 0 Å². The summed E-state index contributed by atoms with van der Waals surface area (Å²) in [6.07, 6.45) is 10.8. The number of rotatable bonds is 3. The number of pyridine rings is 1. The fourth-order valence-corrected chi connectivity index (χ4v) is 7.51. The summed E-state index contributed by atoms with van der Waals surface area (Å²) in [5, 5.41) is 0. The molecule has 4 aliphatic rings. The van der Waals surface area contributed by atoms with Crippen molar-refractivity contribution < 1.29 is 0 Å². The van der Waals surface area contributed by atoms with E-state index in [1.165, 1.54) is 54.7 Å². The minimum Gasteiger partial charge on any atom is -0.255 e. The first-order valence-corrected chi connectivity index (χ1v) is 9.81. The largest absolute Gasteiger partial charge is 0.255 e. The molecular formula is C21H23NS. The molecule has 2 aromatic rings. The highest BCUT2D eigenvalue weighted by Gasteiger charge is 2.51. The lowest BCUT2D eigenvalue weighted by Gasteiger charge is -2.56. The maximum atomic E-state index is 4.73. The van der Waals surface area contributed by atoms with Crippen molar-refractivity contribution in [3.63, 3.8) is 0 Å². The van der Waals surface area contributed by atoms with Crippen LogP contribution in [0.5, 0.6) is 0 Å². The number of hydrogen-bond donors (Lipinski definition) is 0. The minimum atomic E-state index is 0.501. The summed E-state index contributed by atoms with van der Waals surface area (Å²) < 4.78 is 0.501. The lowest BCUT2D eigenvalue weighted by Crippen LogP contribution is -2.48. The lowest BCUT2D eigenvalue weighted by molar-refractivity contribution is 0.0383. The van der Waals surface area contributed by atoms with Crippen molar-refractivity contribution in [3.8, 4) is 11.3 Å². The van der Waals surface area contributed by atoms with Gasteiger partial charge < -0.3 is 0 Å². The van der Waals surface area contributed by atoms with Gasteiger partial charge in [0.1, 0.15) is 0 Å². The van der Waals surface area contributed by atoms with Gasteiger partial charge in [-0.1, -0.05) is 30.3 Å². The fourth-order valence-electron chi connectivity index (χ4n) is 5.68. The number of benzene rings is 1. The average molecular weight is 321 g/mol. The molecule has 0 spiro atoms. The molecule has 23 heavy (non-hydrogen) atoms. The summed E-state index contributed by atoms with van der Waals surface area (Å²) in [4.78, 5) is 6.12. The molecule has 118 valence electrons. The maximum Gasteiger partial charge on any atom is 0.0837 e. The van der Waals surface area contributed by atoms with E-state index < -0.39 is 0 Å². The third-order valence-electron chi connectivity index (χ3n) is 6.13. The first-order chi connectivity index (χ1) is 11.3. The van der Waals surface area contributed by atoms with Gasteiger partial charge in [-0.2, -0.15) is 0 Å². The molecule has 1 nitrogen and oxygen atoms in total. The normalized spacial score (nSPS) is 34.7. The van der Waals surface area contributed by atoms with Crippen molar-refractivity contribution >= 4 is 11.8 Å². The maximum absolute atomic E-state index is 4.73. The van der Waals surface area contributed by atoms with E-state index in [0.717, 1.165) is 17.8 Å². The van der Waals surface area contributed by atoms with E-state index in [-0.39, 0.29) is 0 Å². The van der Waals surface area contributed by atoms with Crippen molar-refractivity contribution in [2.24, 2.45) is 17.8 Å². The Hall–Kier alpha value is -1.28. The zero-order chi connectivity index (χ0) is 15.3. The predicted molar refractivity (Wildman–Crippen MR) is 96.4 cm³/mol. The van der Waals surface area contributed by atoms with Gasteiger partial charge in [0.25, 0.3) is 0 Å². The van der Waals surface area contributed by atoms with Crippen molar-refractivity contribution in [2.45, 2.75) is 48.2 Å². The van der Waals surface area contributed by atoms with Gasteiger partial charge in [-0.25, -0.2) is 0 Å². The van der Waals surface area contributed by atoms with Crippen molar-refractivity contribution in [1.82, 2.24) is 4.98 Å². The Morgan fingerprint density at radius 3 is 2.13 bits per heavy atom. The molecule has 4 bridgehead atoms. The Labute approximate surface area is 142 Å². The first-order valence-electron chi connectivity index (χ1n) is 8.99. The van der Waals surface area contributed by atoms with E-state index in [2.05, 4.69) is 54.2 Å². The molecule has 0 amide bonds. The standard InChI is InChI=1S/C21H23NS/c1-2-5-18(6-3-1)20-19(7-4-8-22-20)23-21-12-15-9-16(13-21)11-17(10-15)14-21/h1-8,15-17H,9-14H2. The summed E-state index contributed by atoms with van der Waals surface area (Å²) >= 11 is 2.16. The topological polar surface area (TPSA) is 12.9 Å². The van der Waals surface area contributed by atoms with Gasteiger partial charge in [-0.05, 0) is 68.4 Å². The summed E-state index contributed by atoms with van der Waals surface area (Å²) in [6.45, 7) is 0. The molecular weight excluding hydrogens is 298 g/mol. The van der Waals surface area contributed by atoms with Crippen LogP contribution in [-0.4, -0.2) is 9.73 Å². The van der Waals surface area contributed by atoms with Crippen LogP contribution in [0.4, 0.5) is 0 Å². The molecule has 4 aliphatic carbocycles.